The lowest BCUT2D eigenvalue weighted by Gasteiger charge is -2.06. The van der Waals surface area contributed by atoms with E-state index >= 15 is 0 Å². The smallest absolute Gasteiger partial charge is 0.432 e. The van der Waals surface area contributed by atoms with Crippen molar-refractivity contribution in [2.24, 2.45) is 0 Å². The third-order valence-corrected chi connectivity index (χ3v) is 1.74. The zero-order chi connectivity index (χ0) is 11.0. The number of benzene rings is 1. The summed E-state index contributed by atoms with van der Waals surface area (Å²) in [7, 11) is 2.39. The average Bonchev–Trinajstić information content (AvgIpc) is 2.19. The van der Waals surface area contributed by atoms with Crippen LogP contribution in [0.2, 0.25) is 5.02 Å². The molecule has 0 saturated carbocycles. The van der Waals surface area contributed by atoms with E-state index in [0.29, 0.717) is 16.5 Å². The van der Waals surface area contributed by atoms with E-state index < -0.39 is 7.69 Å². The van der Waals surface area contributed by atoms with Crippen LogP contribution in [0.3, 0.4) is 0 Å². The minimum absolute atomic E-state index is 0.512. The van der Waals surface area contributed by atoms with Gasteiger partial charge in [-0.3, -0.25) is 0 Å². The first-order valence-electron chi connectivity index (χ1n) is 3.79. The maximum absolute atomic E-state index is 7.12. The molecule has 1 rings (SSSR count). The zero-order valence-corrected chi connectivity index (χ0v) is 8.78. The molecule has 0 fully saturated rings. The van der Waals surface area contributed by atoms with E-state index in [9.17, 15) is 0 Å². The molecule has 0 aliphatic carbocycles. The summed E-state index contributed by atoms with van der Waals surface area (Å²) >= 11 is 5.86. The number of hydrogen-bond donors (Lipinski definition) is 2. The molecule has 4 nitrogen and oxygen atoms in total. The lowest BCUT2D eigenvalue weighted by molar-refractivity contribution is 0.395. The number of halogens is 1. The first kappa shape index (κ1) is 13.1. The lowest BCUT2D eigenvalue weighted by atomic mass is 10.3. The van der Waals surface area contributed by atoms with Gasteiger partial charge in [-0.2, -0.15) is 0 Å². The summed E-state index contributed by atoms with van der Waals surface area (Å²) in [6.07, 6.45) is 0. The lowest BCUT2D eigenvalue weighted by Crippen LogP contribution is -1.87. The highest BCUT2D eigenvalue weighted by molar-refractivity contribution is 6.33. The van der Waals surface area contributed by atoms with Crippen LogP contribution in [0.5, 0.6) is 11.5 Å². The summed E-state index contributed by atoms with van der Waals surface area (Å²) in [6, 6.07) is 5.39. The van der Waals surface area contributed by atoms with Gasteiger partial charge in [0.25, 0.3) is 0 Å². The molecule has 0 atom stereocenters. The van der Waals surface area contributed by atoms with Crippen molar-refractivity contribution < 1.29 is 19.5 Å². The SMILES string of the molecule is COc1cccc(OC)c1Cl.OBO. The summed E-state index contributed by atoms with van der Waals surface area (Å²) < 4.78 is 9.95. The van der Waals surface area contributed by atoms with Crippen molar-refractivity contribution in [1.29, 1.82) is 0 Å². The van der Waals surface area contributed by atoms with Crippen LogP contribution in [0, 0.1) is 0 Å². The van der Waals surface area contributed by atoms with E-state index in [2.05, 4.69) is 0 Å². The molecular weight excluding hydrogens is 206 g/mol. The first-order valence-corrected chi connectivity index (χ1v) is 4.17. The number of ether oxygens (including phenoxy) is 2. The summed E-state index contributed by atoms with van der Waals surface area (Å²) in [5.41, 5.74) is 0. The van der Waals surface area contributed by atoms with Gasteiger partial charge in [-0.05, 0) is 12.1 Å². The minimum atomic E-state index is -0.750. The molecule has 6 heteroatoms. The van der Waals surface area contributed by atoms with Crippen LogP contribution in [0.4, 0.5) is 0 Å². The molecule has 78 valence electrons. The molecule has 0 aliphatic rings. The largest absolute Gasteiger partial charge is 0.495 e. The van der Waals surface area contributed by atoms with E-state index in [0.717, 1.165) is 0 Å². The Hall–Kier alpha value is -0.905. The molecule has 0 heterocycles. The Morgan fingerprint density at radius 3 is 1.79 bits per heavy atom. The van der Waals surface area contributed by atoms with Crippen molar-refractivity contribution in [3.8, 4) is 11.5 Å². The molecule has 0 spiro atoms. The van der Waals surface area contributed by atoms with Crippen LogP contribution in [0.15, 0.2) is 18.2 Å². The van der Waals surface area contributed by atoms with Gasteiger partial charge in [0, 0.05) is 0 Å². The second kappa shape index (κ2) is 7.49. The third kappa shape index (κ3) is 3.87. The predicted molar refractivity (Wildman–Crippen MR) is 56.1 cm³/mol. The van der Waals surface area contributed by atoms with Gasteiger partial charge in [0.05, 0.1) is 14.2 Å². The van der Waals surface area contributed by atoms with Gasteiger partial charge < -0.3 is 19.5 Å². The monoisotopic (exact) mass is 218 g/mol. The standard InChI is InChI=1S/C8H9ClO2.BH3O2/c1-10-6-4-3-5-7(11-2)8(6)9;2-1-3/h3-5H,1-2H3;1-3H. The number of hydrogen-bond acceptors (Lipinski definition) is 4. The first-order chi connectivity index (χ1) is 6.71. The van der Waals surface area contributed by atoms with Crippen molar-refractivity contribution in [2.75, 3.05) is 14.2 Å². The van der Waals surface area contributed by atoms with Crippen LogP contribution in [0.1, 0.15) is 0 Å². The highest BCUT2D eigenvalue weighted by atomic mass is 35.5. The van der Waals surface area contributed by atoms with Crippen LogP contribution >= 0.6 is 11.6 Å². The number of methoxy groups -OCH3 is 2. The topological polar surface area (TPSA) is 58.9 Å². The van der Waals surface area contributed by atoms with Gasteiger partial charge in [0.2, 0.25) is 0 Å². The second-order valence-corrected chi connectivity index (χ2v) is 2.50. The predicted octanol–water partition coefficient (Wildman–Crippen LogP) is 0.595. The van der Waals surface area contributed by atoms with Gasteiger partial charge in [-0.1, -0.05) is 17.7 Å². The summed E-state index contributed by atoms with van der Waals surface area (Å²) in [5.74, 6) is 1.26. The van der Waals surface area contributed by atoms with Crippen molar-refractivity contribution in [2.45, 2.75) is 0 Å². The van der Waals surface area contributed by atoms with E-state index in [1.165, 1.54) is 0 Å². The fourth-order valence-electron chi connectivity index (χ4n) is 0.806. The van der Waals surface area contributed by atoms with E-state index in [1.807, 2.05) is 6.07 Å². The zero-order valence-electron chi connectivity index (χ0n) is 8.03. The van der Waals surface area contributed by atoms with Gasteiger partial charge >= 0.3 is 7.69 Å². The van der Waals surface area contributed by atoms with Crippen molar-refractivity contribution in [3.05, 3.63) is 23.2 Å². The molecular formula is C8H12BClO4. The van der Waals surface area contributed by atoms with Crippen molar-refractivity contribution >= 4 is 19.3 Å². The van der Waals surface area contributed by atoms with Gasteiger partial charge in [-0.25, -0.2) is 0 Å². The molecule has 0 unspecified atom stereocenters. The van der Waals surface area contributed by atoms with Crippen molar-refractivity contribution in [3.63, 3.8) is 0 Å². The van der Waals surface area contributed by atoms with E-state index in [4.69, 9.17) is 31.1 Å². The molecule has 0 saturated heterocycles. The molecule has 14 heavy (non-hydrogen) atoms. The molecule has 0 bridgehead atoms. The Kier molecular flexibility index (Phi) is 7.01. The molecule has 0 aromatic heterocycles. The normalized spacial score (nSPS) is 8.36. The second-order valence-electron chi connectivity index (χ2n) is 2.12. The maximum atomic E-state index is 7.12. The molecule has 0 amide bonds. The summed E-state index contributed by atoms with van der Waals surface area (Å²) in [5, 5.41) is 14.8. The Labute approximate surface area is 88.3 Å². The summed E-state index contributed by atoms with van der Waals surface area (Å²) in [6.45, 7) is 0. The highest BCUT2D eigenvalue weighted by Gasteiger charge is 2.04. The fraction of sp³-hybridized carbons (Fsp3) is 0.250. The van der Waals surface area contributed by atoms with Crippen LogP contribution < -0.4 is 9.47 Å². The Morgan fingerprint density at radius 2 is 1.50 bits per heavy atom. The van der Waals surface area contributed by atoms with Crippen molar-refractivity contribution in [1.82, 2.24) is 0 Å². The summed E-state index contributed by atoms with van der Waals surface area (Å²) in [4.78, 5) is 0. The van der Waals surface area contributed by atoms with Crippen LogP contribution in [-0.2, 0) is 0 Å². The quantitative estimate of drug-likeness (QED) is 0.714. The van der Waals surface area contributed by atoms with Gasteiger partial charge in [-0.15, -0.1) is 0 Å². The van der Waals surface area contributed by atoms with Gasteiger partial charge in [0.1, 0.15) is 16.5 Å². The fourth-order valence-corrected chi connectivity index (χ4v) is 1.09. The molecule has 2 N–H and O–H groups in total. The average molecular weight is 218 g/mol. The van der Waals surface area contributed by atoms with E-state index in [-0.39, 0.29) is 0 Å². The number of rotatable bonds is 2. The molecule has 1 aromatic rings. The molecule has 0 aliphatic heterocycles. The van der Waals surface area contributed by atoms with Crippen LogP contribution in [0.25, 0.3) is 0 Å². The minimum Gasteiger partial charge on any atom is -0.495 e. The van der Waals surface area contributed by atoms with E-state index in [1.54, 1.807) is 26.4 Å². The van der Waals surface area contributed by atoms with Gasteiger partial charge in [0.15, 0.2) is 0 Å². The molecule has 0 radical (unpaired) electrons. The highest BCUT2D eigenvalue weighted by Crippen LogP contribution is 2.32. The third-order valence-electron chi connectivity index (χ3n) is 1.37. The maximum Gasteiger partial charge on any atom is 0.432 e. The Morgan fingerprint density at radius 1 is 1.14 bits per heavy atom. The Bertz CT molecular complexity index is 247. The molecule has 1 aromatic carbocycles. The Balaban J connectivity index is 0.000000500. The van der Waals surface area contributed by atoms with Crippen LogP contribution in [-0.4, -0.2) is 32.0 Å².